The van der Waals surface area contributed by atoms with E-state index in [1.54, 1.807) is 11.0 Å². The number of benzene rings is 3. The zero-order chi connectivity index (χ0) is 36.9. The molecule has 4 bridgehead atoms. The molecule has 1 amide bonds. The van der Waals surface area contributed by atoms with E-state index in [1.807, 2.05) is 56.0 Å². The van der Waals surface area contributed by atoms with Gasteiger partial charge in [-0.15, -0.1) is 0 Å². The number of piperazine rings is 1. The molecule has 0 radical (unpaired) electrons. The van der Waals surface area contributed by atoms with Crippen LogP contribution in [0.3, 0.4) is 0 Å². The Morgan fingerprint density at radius 3 is 2.36 bits per heavy atom. The van der Waals surface area contributed by atoms with Crippen LogP contribution in [0.15, 0.2) is 42.5 Å². The van der Waals surface area contributed by atoms with Crippen LogP contribution in [0.25, 0.3) is 32.8 Å². The molecule has 8 rings (SSSR count). The monoisotopic (exact) mass is 731 g/mol. The fourth-order valence-corrected chi connectivity index (χ4v) is 8.58. The Labute approximate surface area is 308 Å². The van der Waals surface area contributed by atoms with Crippen LogP contribution in [0.5, 0.6) is 11.8 Å². The minimum atomic E-state index is -0.691. The molecule has 4 saturated heterocycles. The van der Waals surface area contributed by atoms with Crippen molar-refractivity contribution in [1.29, 1.82) is 0 Å². The maximum atomic E-state index is 17.1. The molecule has 13 heteroatoms. The van der Waals surface area contributed by atoms with Crippen molar-refractivity contribution < 1.29 is 37.3 Å². The molecule has 0 N–H and O–H groups in total. The van der Waals surface area contributed by atoms with Crippen LogP contribution >= 0.6 is 0 Å². The molecule has 0 aliphatic carbocycles. The predicted octanol–water partition coefficient (Wildman–Crippen LogP) is 6.93. The Morgan fingerprint density at radius 1 is 0.925 bits per heavy atom. The molecule has 4 aliphatic heterocycles. The van der Waals surface area contributed by atoms with Crippen molar-refractivity contribution in [1.82, 2.24) is 19.8 Å². The molecule has 53 heavy (non-hydrogen) atoms. The summed E-state index contributed by atoms with van der Waals surface area (Å²) in [4.78, 5) is 28.8. The van der Waals surface area contributed by atoms with Crippen LogP contribution in [0.1, 0.15) is 52.9 Å². The molecule has 5 heterocycles. The number of morpholine rings is 1. The quantitative estimate of drug-likeness (QED) is 0.126. The van der Waals surface area contributed by atoms with Gasteiger partial charge >= 0.3 is 12.1 Å². The van der Waals surface area contributed by atoms with E-state index in [0.29, 0.717) is 43.1 Å². The first-order valence-electron chi connectivity index (χ1n) is 18.6. The summed E-state index contributed by atoms with van der Waals surface area (Å²) in [5, 5.41) is 1.51. The van der Waals surface area contributed by atoms with Gasteiger partial charge in [0, 0.05) is 44.4 Å². The number of anilines is 1. The largest absolute Gasteiger partial charge is 0.468 e. The standard InChI is InChI=1S/C40H47F2N5O6/c1-40(2,3)53-39(48)47-25-10-11-26(47)20-45(19-25)37-34-33(41)18-32(31-17-29(52-23-49-4)16-24-8-5-6-9-30(24)31)35(42)36(34)43-38(44-37)51-15-7-14-46-27-12-13-28(46)22-50-21-27/h5-6,8-9,16-18,25-28H,7,10-15,19-23H2,1-4H3. The van der Waals surface area contributed by atoms with Crippen molar-refractivity contribution in [3.8, 4) is 22.9 Å². The summed E-state index contributed by atoms with van der Waals surface area (Å²) in [6.45, 7) is 8.97. The van der Waals surface area contributed by atoms with Crippen molar-refractivity contribution in [2.24, 2.45) is 0 Å². The lowest BCUT2D eigenvalue weighted by Gasteiger charge is -2.42. The number of carbonyl (C=O) groups excluding carboxylic acids is 1. The Bertz CT molecular complexity index is 1980. The highest BCUT2D eigenvalue weighted by atomic mass is 19.1. The van der Waals surface area contributed by atoms with Gasteiger partial charge in [-0.25, -0.2) is 13.6 Å². The van der Waals surface area contributed by atoms with Gasteiger partial charge in [-0.1, -0.05) is 24.3 Å². The molecule has 282 valence electrons. The molecule has 0 spiro atoms. The molecule has 11 nitrogen and oxygen atoms in total. The number of methoxy groups -OCH3 is 1. The van der Waals surface area contributed by atoms with Gasteiger partial charge in [0.1, 0.15) is 28.5 Å². The Hall–Kier alpha value is -4.33. The highest BCUT2D eigenvalue weighted by molar-refractivity contribution is 6.01. The van der Waals surface area contributed by atoms with E-state index in [0.717, 1.165) is 62.6 Å². The molecular formula is C40H47F2N5O6. The average Bonchev–Trinajstić information content (AvgIpc) is 3.52. The molecule has 1 aromatic heterocycles. The smallest absolute Gasteiger partial charge is 0.410 e. The van der Waals surface area contributed by atoms with Crippen LogP contribution in [0.2, 0.25) is 0 Å². The normalized spacial score (nSPS) is 22.9. The van der Waals surface area contributed by atoms with Gasteiger partial charge in [0.05, 0.1) is 37.3 Å². The van der Waals surface area contributed by atoms with E-state index in [1.165, 1.54) is 13.2 Å². The van der Waals surface area contributed by atoms with Gasteiger partial charge < -0.3 is 28.6 Å². The molecule has 3 aromatic carbocycles. The minimum absolute atomic E-state index is 0.000341. The summed E-state index contributed by atoms with van der Waals surface area (Å²) in [5.74, 6) is -0.638. The van der Waals surface area contributed by atoms with Crippen LogP contribution in [-0.4, -0.2) is 109 Å². The van der Waals surface area contributed by atoms with Crippen molar-refractivity contribution in [2.45, 2.75) is 82.6 Å². The Balaban J connectivity index is 1.16. The third-order valence-corrected chi connectivity index (χ3v) is 10.9. The lowest BCUT2D eigenvalue weighted by atomic mass is 9.96. The second-order valence-corrected chi connectivity index (χ2v) is 15.6. The van der Waals surface area contributed by atoms with E-state index >= 15 is 8.78 Å². The van der Waals surface area contributed by atoms with Crippen molar-refractivity contribution in [2.75, 3.05) is 58.3 Å². The number of hydrogen-bond donors (Lipinski definition) is 0. The third-order valence-electron chi connectivity index (χ3n) is 10.9. The number of ether oxygens (including phenoxy) is 5. The maximum absolute atomic E-state index is 17.1. The summed E-state index contributed by atoms with van der Waals surface area (Å²) < 4.78 is 62.3. The third kappa shape index (κ3) is 7.06. The molecule has 4 fully saturated rings. The molecular weight excluding hydrogens is 684 g/mol. The van der Waals surface area contributed by atoms with E-state index in [4.69, 9.17) is 28.7 Å². The second kappa shape index (κ2) is 14.5. The fraction of sp³-hybridized carbons (Fsp3) is 0.525. The SMILES string of the molecule is COCOc1cc(-c2cc(F)c3c(N4CC5CCC(C4)N5C(=O)OC(C)(C)C)nc(OCCCN4C5CCC4COC5)nc3c2F)c2ccccc2c1. The molecule has 4 aromatic rings. The molecule has 0 saturated carbocycles. The van der Waals surface area contributed by atoms with Gasteiger partial charge in [0.2, 0.25) is 0 Å². The number of carbonyl (C=O) groups is 1. The molecule has 4 unspecified atom stereocenters. The predicted molar refractivity (Wildman–Crippen MR) is 196 cm³/mol. The molecule has 4 aliphatic rings. The van der Waals surface area contributed by atoms with Gasteiger partial charge in [-0.3, -0.25) is 9.80 Å². The molecule has 4 atom stereocenters. The maximum Gasteiger partial charge on any atom is 0.410 e. The number of rotatable bonds is 10. The lowest BCUT2D eigenvalue weighted by molar-refractivity contribution is -0.0161. The highest BCUT2D eigenvalue weighted by Gasteiger charge is 2.45. The summed E-state index contributed by atoms with van der Waals surface area (Å²) in [7, 11) is 1.52. The van der Waals surface area contributed by atoms with Crippen LogP contribution in [-0.2, 0) is 14.2 Å². The second-order valence-electron chi connectivity index (χ2n) is 15.6. The van der Waals surface area contributed by atoms with E-state index in [-0.39, 0.29) is 53.3 Å². The number of aromatic nitrogens is 2. The van der Waals surface area contributed by atoms with E-state index in [9.17, 15) is 4.79 Å². The first-order chi connectivity index (χ1) is 25.6. The topological polar surface area (TPSA) is 98.7 Å². The van der Waals surface area contributed by atoms with Gasteiger partial charge in [0.25, 0.3) is 0 Å². The van der Waals surface area contributed by atoms with Crippen LogP contribution < -0.4 is 14.4 Å². The van der Waals surface area contributed by atoms with Crippen molar-refractivity contribution in [3.63, 3.8) is 0 Å². The number of hydrogen-bond acceptors (Lipinski definition) is 10. The highest BCUT2D eigenvalue weighted by Crippen LogP contribution is 2.42. The van der Waals surface area contributed by atoms with Crippen LogP contribution in [0.4, 0.5) is 19.4 Å². The fourth-order valence-electron chi connectivity index (χ4n) is 8.58. The van der Waals surface area contributed by atoms with E-state index in [2.05, 4.69) is 9.88 Å². The first kappa shape index (κ1) is 35.7. The van der Waals surface area contributed by atoms with Gasteiger partial charge in [0.15, 0.2) is 12.6 Å². The Kier molecular flexibility index (Phi) is 9.75. The first-order valence-corrected chi connectivity index (χ1v) is 18.6. The zero-order valence-corrected chi connectivity index (χ0v) is 30.8. The van der Waals surface area contributed by atoms with Crippen LogP contribution in [0, 0.1) is 11.6 Å². The van der Waals surface area contributed by atoms with Crippen molar-refractivity contribution >= 4 is 33.6 Å². The minimum Gasteiger partial charge on any atom is -0.468 e. The summed E-state index contributed by atoms with van der Waals surface area (Å²) in [6, 6.07) is 12.7. The zero-order valence-electron chi connectivity index (χ0n) is 30.8. The van der Waals surface area contributed by atoms with Gasteiger partial charge in [-0.05, 0) is 87.4 Å². The number of halogens is 2. The lowest BCUT2D eigenvalue weighted by Crippen LogP contribution is -2.57. The van der Waals surface area contributed by atoms with Gasteiger partial charge in [-0.2, -0.15) is 9.97 Å². The Morgan fingerprint density at radius 2 is 1.64 bits per heavy atom. The summed E-state index contributed by atoms with van der Waals surface area (Å²) >= 11 is 0. The number of amides is 1. The van der Waals surface area contributed by atoms with E-state index < -0.39 is 17.2 Å². The summed E-state index contributed by atoms with van der Waals surface area (Å²) in [6.07, 6.45) is 4.17. The summed E-state index contributed by atoms with van der Waals surface area (Å²) in [5.41, 5.74) is -0.301. The van der Waals surface area contributed by atoms with Crippen molar-refractivity contribution in [3.05, 3.63) is 54.1 Å². The number of fused-ring (bicyclic) bond motifs is 6. The average molecular weight is 732 g/mol. The number of nitrogens with zero attached hydrogens (tertiary/aromatic N) is 5.